The van der Waals surface area contributed by atoms with E-state index < -0.39 is 0 Å². The molecule has 0 spiro atoms. The number of hydrogen-bond donors (Lipinski definition) is 2. The van der Waals surface area contributed by atoms with Crippen molar-refractivity contribution in [2.75, 3.05) is 6.67 Å². The largest absolute Gasteiger partial charge is 0.281 e. The summed E-state index contributed by atoms with van der Waals surface area (Å²) in [6.07, 6.45) is 5.41. The second kappa shape index (κ2) is 7.59. The maximum Gasteiger partial charge on any atom is 0.100 e. The number of nitrogens with one attached hydrogen (secondary N) is 1. The Morgan fingerprint density at radius 1 is 1.67 bits per heavy atom. The number of aliphatic imine (C=N–C) groups is 1. The van der Waals surface area contributed by atoms with E-state index in [1.54, 1.807) is 0 Å². The molecule has 54 valence electrons. The molecule has 3 nitrogen and oxygen atoms in total. The molecule has 0 amide bonds. The standard InChI is InChI=1S/C6H15N3/c1-2-3-4-5-8-6-9-7/h5,9H,2-4,6-7H2,1H3. The Labute approximate surface area is 56.3 Å². The Balaban J connectivity index is 2.86. The minimum absolute atomic E-state index is 0.531. The number of nitrogens with zero attached hydrogens (tertiary/aromatic N) is 1. The van der Waals surface area contributed by atoms with Gasteiger partial charge in [-0.1, -0.05) is 13.3 Å². The summed E-state index contributed by atoms with van der Waals surface area (Å²) >= 11 is 0. The van der Waals surface area contributed by atoms with Gasteiger partial charge in [-0.3, -0.25) is 10.8 Å². The Hall–Kier alpha value is -0.410. The second-order valence-electron chi connectivity index (χ2n) is 1.87. The molecule has 0 radical (unpaired) electrons. The van der Waals surface area contributed by atoms with Gasteiger partial charge in [-0.2, -0.15) is 0 Å². The maximum atomic E-state index is 4.98. The predicted octanol–water partition coefficient (Wildman–Crippen LogP) is 0.668. The minimum atomic E-state index is 0.531. The molecule has 0 aliphatic carbocycles. The van der Waals surface area contributed by atoms with Crippen molar-refractivity contribution < 1.29 is 0 Å². The normalized spacial score (nSPS) is 10.9. The van der Waals surface area contributed by atoms with Gasteiger partial charge in [0, 0.05) is 6.21 Å². The van der Waals surface area contributed by atoms with Gasteiger partial charge in [0.05, 0.1) is 0 Å². The van der Waals surface area contributed by atoms with Gasteiger partial charge in [0.1, 0.15) is 6.67 Å². The van der Waals surface area contributed by atoms with E-state index >= 15 is 0 Å². The van der Waals surface area contributed by atoms with E-state index in [-0.39, 0.29) is 0 Å². The van der Waals surface area contributed by atoms with Crippen LogP contribution in [0, 0.1) is 0 Å². The summed E-state index contributed by atoms with van der Waals surface area (Å²) in [6, 6.07) is 0. The van der Waals surface area contributed by atoms with Crippen LogP contribution in [-0.2, 0) is 0 Å². The molecule has 0 aromatic carbocycles. The molecule has 3 heteroatoms. The quantitative estimate of drug-likeness (QED) is 0.248. The Kier molecular flexibility index (Phi) is 7.24. The van der Waals surface area contributed by atoms with Crippen molar-refractivity contribution in [2.24, 2.45) is 10.8 Å². The maximum absolute atomic E-state index is 4.98. The summed E-state index contributed by atoms with van der Waals surface area (Å²) in [7, 11) is 0. The zero-order valence-corrected chi connectivity index (χ0v) is 5.93. The third-order valence-corrected chi connectivity index (χ3v) is 0.998. The zero-order chi connectivity index (χ0) is 6.95. The van der Waals surface area contributed by atoms with E-state index in [9.17, 15) is 0 Å². The molecule has 0 bridgehead atoms. The first-order chi connectivity index (χ1) is 4.41. The molecule has 3 N–H and O–H groups in total. The molecule has 0 aromatic rings. The highest BCUT2D eigenvalue weighted by molar-refractivity contribution is 5.56. The summed E-state index contributed by atoms with van der Waals surface area (Å²) in [4.78, 5) is 3.97. The first kappa shape index (κ1) is 8.59. The average Bonchev–Trinajstić information content (AvgIpc) is 1.89. The predicted molar refractivity (Wildman–Crippen MR) is 40.2 cm³/mol. The van der Waals surface area contributed by atoms with Crippen molar-refractivity contribution >= 4 is 6.21 Å². The minimum Gasteiger partial charge on any atom is -0.281 e. The fourth-order valence-corrected chi connectivity index (χ4v) is 0.504. The fourth-order valence-electron chi connectivity index (χ4n) is 0.504. The first-order valence-corrected chi connectivity index (χ1v) is 3.33. The third kappa shape index (κ3) is 7.59. The van der Waals surface area contributed by atoms with Crippen LogP contribution >= 0.6 is 0 Å². The Morgan fingerprint density at radius 2 is 2.44 bits per heavy atom. The van der Waals surface area contributed by atoms with E-state index in [1.807, 2.05) is 6.21 Å². The first-order valence-electron chi connectivity index (χ1n) is 3.33. The van der Waals surface area contributed by atoms with Gasteiger partial charge in [0.2, 0.25) is 0 Å². The van der Waals surface area contributed by atoms with Crippen LogP contribution in [0.3, 0.4) is 0 Å². The summed E-state index contributed by atoms with van der Waals surface area (Å²) < 4.78 is 0. The average molecular weight is 129 g/mol. The van der Waals surface area contributed by atoms with Gasteiger partial charge in [-0.05, 0) is 12.8 Å². The molecule has 0 heterocycles. The SMILES string of the molecule is CCCCC=NCNN. The van der Waals surface area contributed by atoms with Crippen LogP contribution < -0.4 is 11.3 Å². The van der Waals surface area contributed by atoms with Gasteiger partial charge in [0.15, 0.2) is 0 Å². The number of hydrazine groups is 1. The molecular weight excluding hydrogens is 114 g/mol. The smallest absolute Gasteiger partial charge is 0.100 e. The van der Waals surface area contributed by atoms with Crippen LogP contribution in [0.2, 0.25) is 0 Å². The zero-order valence-electron chi connectivity index (χ0n) is 5.93. The summed E-state index contributed by atoms with van der Waals surface area (Å²) in [5.41, 5.74) is 2.45. The highest BCUT2D eigenvalue weighted by atomic mass is 15.2. The van der Waals surface area contributed by atoms with Crippen molar-refractivity contribution in [3.8, 4) is 0 Å². The van der Waals surface area contributed by atoms with Crippen molar-refractivity contribution in [2.45, 2.75) is 26.2 Å². The molecule has 0 fully saturated rings. The number of unbranched alkanes of at least 4 members (excludes halogenated alkanes) is 2. The molecule has 9 heavy (non-hydrogen) atoms. The Bertz CT molecular complexity index is 70.7. The summed E-state index contributed by atoms with van der Waals surface area (Å²) in [6.45, 7) is 2.69. The monoisotopic (exact) mass is 129 g/mol. The lowest BCUT2D eigenvalue weighted by molar-refractivity contribution is 0.756. The van der Waals surface area contributed by atoms with Crippen molar-refractivity contribution in [3.63, 3.8) is 0 Å². The second-order valence-corrected chi connectivity index (χ2v) is 1.87. The molecular formula is C6H15N3. The van der Waals surface area contributed by atoms with Gasteiger partial charge in [-0.15, -0.1) is 0 Å². The van der Waals surface area contributed by atoms with Crippen LogP contribution in [0.15, 0.2) is 4.99 Å². The van der Waals surface area contributed by atoms with Crippen molar-refractivity contribution in [3.05, 3.63) is 0 Å². The fraction of sp³-hybridized carbons (Fsp3) is 0.833. The molecule has 0 rings (SSSR count). The van der Waals surface area contributed by atoms with Crippen LogP contribution in [0.25, 0.3) is 0 Å². The van der Waals surface area contributed by atoms with Gasteiger partial charge < -0.3 is 0 Å². The molecule has 0 saturated heterocycles. The number of nitrogens with two attached hydrogens (primary N) is 1. The molecule has 0 atom stereocenters. The van der Waals surface area contributed by atoms with E-state index in [0.29, 0.717) is 6.67 Å². The number of hydrogen-bond acceptors (Lipinski definition) is 3. The van der Waals surface area contributed by atoms with E-state index in [2.05, 4.69) is 17.3 Å². The van der Waals surface area contributed by atoms with Crippen LogP contribution in [0.4, 0.5) is 0 Å². The van der Waals surface area contributed by atoms with Crippen molar-refractivity contribution in [1.82, 2.24) is 5.43 Å². The summed E-state index contributed by atoms with van der Waals surface area (Å²) in [5.74, 6) is 4.98. The van der Waals surface area contributed by atoms with Crippen LogP contribution in [0.5, 0.6) is 0 Å². The summed E-state index contributed by atoms with van der Waals surface area (Å²) in [5, 5.41) is 0. The lowest BCUT2D eigenvalue weighted by Gasteiger charge is -1.89. The lowest BCUT2D eigenvalue weighted by atomic mass is 10.3. The molecule has 0 aliphatic rings. The Morgan fingerprint density at radius 3 is 3.00 bits per heavy atom. The van der Waals surface area contributed by atoms with E-state index in [0.717, 1.165) is 6.42 Å². The van der Waals surface area contributed by atoms with E-state index in [1.165, 1.54) is 12.8 Å². The number of rotatable bonds is 5. The van der Waals surface area contributed by atoms with Crippen LogP contribution in [0.1, 0.15) is 26.2 Å². The van der Waals surface area contributed by atoms with Crippen molar-refractivity contribution in [1.29, 1.82) is 0 Å². The van der Waals surface area contributed by atoms with Gasteiger partial charge >= 0.3 is 0 Å². The third-order valence-electron chi connectivity index (χ3n) is 0.998. The highest BCUT2D eigenvalue weighted by Crippen LogP contribution is 1.88. The van der Waals surface area contributed by atoms with E-state index in [4.69, 9.17) is 5.84 Å². The molecule has 0 saturated carbocycles. The lowest BCUT2D eigenvalue weighted by Crippen LogP contribution is -2.21. The van der Waals surface area contributed by atoms with Gasteiger partial charge in [-0.25, -0.2) is 5.43 Å². The van der Waals surface area contributed by atoms with Gasteiger partial charge in [0.25, 0.3) is 0 Å². The van der Waals surface area contributed by atoms with Crippen LogP contribution in [-0.4, -0.2) is 12.9 Å². The highest BCUT2D eigenvalue weighted by Gasteiger charge is 1.76. The topological polar surface area (TPSA) is 50.4 Å². The molecule has 0 aromatic heterocycles. The molecule has 0 aliphatic heterocycles. The molecule has 0 unspecified atom stereocenters.